The molecule has 0 saturated carbocycles. The largest absolute Gasteiger partial charge is 0.497 e. The molecule has 1 aliphatic rings. The number of carbonyl (C=O) groups excluding carboxylic acids is 1. The van der Waals surface area contributed by atoms with Gasteiger partial charge in [0.05, 0.1) is 12.0 Å². The summed E-state index contributed by atoms with van der Waals surface area (Å²) in [6, 6.07) is 5.88. The molecule has 0 unspecified atom stereocenters. The van der Waals surface area contributed by atoms with Crippen LogP contribution in [0.15, 0.2) is 28.1 Å². The summed E-state index contributed by atoms with van der Waals surface area (Å²) in [7, 11) is 1.65. The molecule has 4 nitrogen and oxygen atoms in total. The van der Waals surface area contributed by atoms with E-state index in [4.69, 9.17) is 4.74 Å². The van der Waals surface area contributed by atoms with Crippen molar-refractivity contribution < 1.29 is 9.53 Å². The lowest BCUT2D eigenvalue weighted by Crippen LogP contribution is -1.88. The molecule has 3 rings (SSSR count). The molecule has 1 aromatic carbocycles. The average Bonchev–Trinajstić information content (AvgIpc) is 3.00. The van der Waals surface area contributed by atoms with E-state index in [1.807, 2.05) is 37.5 Å². The average molecular weight is 318 g/mol. The van der Waals surface area contributed by atoms with Gasteiger partial charge in [-0.15, -0.1) is 11.8 Å². The Morgan fingerprint density at radius 1 is 1.43 bits per heavy atom. The highest BCUT2D eigenvalue weighted by Crippen LogP contribution is 2.35. The first-order chi connectivity index (χ1) is 10.1. The lowest BCUT2D eigenvalue weighted by molar-refractivity contribution is -0.113. The Labute approximate surface area is 131 Å². The number of methoxy groups -OCH3 is 1. The zero-order chi connectivity index (χ0) is 15.0. The molecule has 6 heteroatoms. The summed E-state index contributed by atoms with van der Waals surface area (Å²) in [5.41, 5.74) is 3.07. The number of rotatable bonds is 2. The summed E-state index contributed by atoms with van der Waals surface area (Å²) < 4.78 is 6.07. The summed E-state index contributed by atoms with van der Waals surface area (Å²) in [6.45, 7) is 2.00. The van der Waals surface area contributed by atoms with Gasteiger partial charge in [0.15, 0.2) is 0 Å². The smallest absolute Gasteiger partial charge is 0.285 e. The minimum absolute atomic E-state index is 0.166. The highest BCUT2D eigenvalue weighted by molar-refractivity contribution is 8.40. The Kier molecular flexibility index (Phi) is 3.82. The summed E-state index contributed by atoms with van der Waals surface area (Å²) in [6.07, 6.45) is 3.83. The van der Waals surface area contributed by atoms with Crippen LogP contribution < -0.4 is 4.74 Å². The van der Waals surface area contributed by atoms with Crippen molar-refractivity contribution in [3.05, 3.63) is 34.4 Å². The molecule has 2 heterocycles. The molecule has 0 aliphatic carbocycles. The van der Waals surface area contributed by atoms with Gasteiger partial charge in [-0.25, -0.2) is 0 Å². The third kappa shape index (κ3) is 2.61. The molecular weight excluding hydrogens is 304 g/mol. The van der Waals surface area contributed by atoms with Crippen LogP contribution in [-0.2, 0) is 4.79 Å². The van der Waals surface area contributed by atoms with Crippen LogP contribution in [0.3, 0.4) is 0 Å². The van der Waals surface area contributed by atoms with Gasteiger partial charge < -0.3 is 9.72 Å². The van der Waals surface area contributed by atoms with Gasteiger partial charge in [0.2, 0.25) is 0 Å². The molecule has 108 valence electrons. The number of amides is 1. The fourth-order valence-corrected chi connectivity index (χ4v) is 3.65. The maximum Gasteiger partial charge on any atom is 0.285 e. The van der Waals surface area contributed by atoms with Crippen LogP contribution in [0.25, 0.3) is 17.0 Å². The van der Waals surface area contributed by atoms with Crippen LogP contribution in [0.5, 0.6) is 5.75 Å². The lowest BCUT2D eigenvalue weighted by atomic mass is 10.1. The van der Waals surface area contributed by atoms with Crippen molar-refractivity contribution in [2.75, 3.05) is 13.4 Å². The number of hydrogen-bond donors (Lipinski definition) is 1. The molecule has 0 fully saturated rings. The van der Waals surface area contributed by atoms with Gasteiger partial charge in [-0.05, 0) is 37.5 Å². The number of ether oxygens (including phenoxy) is 1. The first-order valence-electron chi connectivity index (χ1n) is 6.35. The van der Waals surface area contributed by atoms with E-state index >= 15 is 0 Å². The number of nitrogens with one attached hydrogen (secondary N) is 1. The second-order valence-electron chi connectivity index (χ2n) is 4.57. The zero-order valence-corrected chi connectivity index (χ0v) is 13.5. The monoisotopic (exact) mass is 318 g/mol. The second kappa shape index (κ2) is 5.61. The van der Waals surface area contributed by atoms with Gasteiger partial charge in [-0.2, -0.15) is 4.99 Å². The molecule has 1 aliphatic heterocycles. The van der Waals surface area contributed by atoms with E-state index < -0.39 is 0 Å². The molecule has 0 atom stereocenters. The molecule has 1 aromatic heterocycles. The van der Waals surface area contributed by atoms with Crippen LogP contribution in [0.4, 0.5) is 0 Å². The highest BCUT2D eigenvalue weighted by Gasteiger charge is 2.22. The molecule has 1 amide bonds. The predicted molar refractivity (Wildman–Crippen MR) is 91.1 cm³/mol. The van der Waals surface area contributed by atoms with E-state index in [0.29, 0.717) is 4.91 Å². The SMILES string of the molecule is COc1ccc2[nH]c(C)c(/C=C3/SC(SC)=NC3=O)c2c1. The normalized spacial score (nSPS) is 16.8. The fraction of sp³-hybridized carbons (Fsp3) is 0.200. The highest BCUT2D eigenvalue weighted by atomic mass is 32.2. The van der Waals surface area contributed by atoms with Gasteiger partial charge in [-0.1, -0.05) is 11.8 Å². The number of aromatic amines is 1. The van der Waals surface area contributed by atoms with Gasteiger partial charge in [0.1, 0.15) is 10.1 Å². The first-order valence-corrected chi connectivity index (χ1v) is 8.39. The molecule has 0 saturated heterocycles. The summed E-state index contributed by atoms with van der Waals surface area (Å²) >= 11 is 2.91. The number of hydrogen-bond acceptors (Lipinski definition) is 4. The van der Waals surface area contributed by atoms with Gasteiger partial charge >= 0.3 is 0 Å². The van der Waals surface area contributed by atoms with Crippen LogP contribution in [-0.4, -0.2) is 28.6 Å². The summed E-state index contributed by atoms with van der Waals surface area (Å²) in [5, 5.41) is 1.05. The van der Waals surface area contributed by atoms with E-state index in [2.05, 4.69) is 9.98 Å². The maximum atomic E-state index is 11.9. The molecule has 2 aromatic rings. The number of thioether (sulfide) groups is 2. The number of H-pyrrole nitrogens is 1. The van der Waals surface area contributed by atoms with E-state index in [-0.39, 0.29) is 5.91 Å². The summed E-state index contributed by atoms with van der Waals surface area (Å²) in [4.78, 5) is 19.9. The third-order valence-corrected chi connectivity index (χ3v) is 5.26. The molecule has 0 spiro atoms. The van der Waals surface area contributed by atoms with Gasteiger partial charge in [0, 0.05) is 22.2 Å². The Morgan fingerprint density at radius 2 is 2.24 bits per heavy atom. The predicted octanol–water partition coefficient (Wildman–Crippen LogP) is 3.82. The Morgan fingerprint density at radius 3 is 2.90 bits per heavy atom. The topological polar surface area (TPSA) is 54.4 Å². The van der Waals surface area contributed by atoms with Crippen molar-refractivity contribution in [3.8, 4) is 5.75 Å². The van der Waals surface area contributed by atoms with Crippen molar-refractivity contribution >= 4 is 50.8 Å². The molecular formula is C15H14N2O2S2. The second-order valence-corrected chi connectivity index (χ2v) is 6.66. The van der Waals surface area contributed by atoms with Crippen molar-refractivity contribution in [2.24, 2.45) is 4.99 Å². The van der Waals surface area contributed by atoms with Crippen molar-refractivity contribution in [3.63, 3.8) is 0 Å². The zero-order valence-electron chi connectivity index (χ0n) is 11.9. The van der Waals surface area contributed by atoms with Crippen LogP contribution in [0.2, 0.25) is 0 Å². The number of aryl methyl sites for hydroxylation is 1. The number of carbonyl (C=O) groups is 1. The van der Waals surface area contributed by atoms with Crippen molar-refractivity contribution in [2.45, 2.75) is 6.92 Å². The molecule has 0 radical (unpaired) electrons. The van der Waals surface area contributed by atoms with E-state index in [1.54, 1.807) is 7.11 Å². The Bertz CT molecular complexity index is 790. The summed E-state index contributed by atoms with van der Waals surface area (Å²) in [5.74, 6) is 0.633. The lowest BCUT2D eigenvalue weighted by Gasteiger charge is -2.00. The standard InChI is InChI=1S/C15H14N2O2S2/c1-8-10(7-13-14(18)17-15(20-3)21-13)11-6-9(19-2)4-5-12(11)16-8/h4-7,16H,1-3H3/b13-7+. The Balaban J connectivity index is 2.09. The molecule has 21 heavy (non-hydrogen) atoms. The number of fused-ring (bicyclic) bond motifs is 1. The van der Waals surface area contributed by atoms with Crippen LogP contribution in [0.1, 0.15) is 11.3 Å². The van der Waals surface area contributed by atoms with Crippen molar-refractivity contribution in [1.29, 1.82) is 0 Å². The van der Waals surface area contributed by atoms with Crippen LogP contribution in [0, 0.1) is 6.92 Å². The number of aliphatic imine (C=N–C) groups is 1. The minimum atomic E-state index is -0.166. The Hall–Kier alpha value is -1.66. The van der Waals surface area contributed by atoms with Crippen molar-refractivity contribution in [1.82, 2.24) is 4.98 Å². The molecule has 0 bridgehead atoms. The van der Waals surface area contributed by atoms with E-state index in [1.165, 1.54) is 23.5 Å². The number of benzene rings is 1. The number of aromatic nitrogens is 1. The quantitative estimate of drug-likeness (QED) is 0.855. The molecule has 1 N–H and O–H groups in total. The van der Waals surface area contributed by atoms with Gasteiger partial charge in [-0.3, -0.25) is 4.79 Å². The van der Waals surface area contributed by atoms with E-state index in [0.717, 1.165) is 32.3 Å². The minimum Gasteiger partial charge on any atom is -0.497 e. The number of nitrogens with zero attached hydrogens (tertiary/aromatic N) is 1. The van der Waals surface area contributed by atoms with Crippen LogP contribution >= 0.6 is 23.5 Å². The fourth-order valence-electron chi connectivity index (χ4n) is 2.25. The van der Waals surface area contributed by atoms with E-state index in [9.17, 15) is 4.79 Å². The van der Waals surface area contributed by atoms with Gasteiger partial charge in [0.25, 0.3) is 5.91 Å². The third-order valence-electron chi connectivity index (χ3n) is 3.29. The first kappa shape index (κ1) is 14.3. The maximum absolute atomic E-state index is 11.9.